The number of rotatable bonds is 12. The fourth-order valence-corrected chi connectivity index (χ4v) is 2.36. The largest absolute Gasteiger partial charge is 0.497 e. The lowest BCUT2D eigenvalue weighted by Gasteiger charge is -2.15. The predicted octanol–water partition coefficient (Wildman–Crippen LogP) is 2.66. The Kier molecular flexibility index (Phi) is 9.39. The molecule has 3 N–H and O–H groups in total. The van der Waals surface area contributed by atoms with E-state index in [0.717, 1.165) is 25.7 Å². The number of nitrogens with one attached hydrogen (secondary N) is 2. The van der Waals surface area contributed by atoms with Gasteiger partial charge in [-0.3, -0.25) is 9.59 Å². The van der Waals surface area contributed by atoms with Gasteiger partial charge in [0.15, 0.2) is 0 Å². The van der Waals surface area contributed by atoms with Crippen LogP contribution in [0.15, 0.2) is 18.2 Å². The summed E-state index contributed by atoms with van der Waals surface area (Å²) in [7, 11) is 3.03. The fraction of sp³-hybridized carbons (Fsp3) is 0.556. The maximum atomic E-state index is 12.2. The summed E-state index contributed by atoms with van der Waals surface area (Å²) in [6, 6.07) is 4.09. The standard InChI is InChI=1S/C18H28N2O5/c1-4-5-6-7-10-19-15(18(22)23)12-17(21)20-14-9-8-13(24-2)11-16(14)25-3/h8-9,11,15,19H,4-7,10,12H2,1-3H3,(H,20,21)(H,22,23). The molecule has 7 nitrogen and oxygen atoms in total. The van der Waals surface area contributed by atoms with Gasteiger partial charge in [0.05, 0.1) is 26.3 Å². The van der Waals surface area contributed by atoms with Crippen molar-refractivity contribution in [1.82, 2.24) is 5.32 Å². The number of carbonyl (C=O) groups excluding carboxylic acids is 1. The highest BCUT2D eigenvalue weighted by Gasteiger charge is 2.21. The van der Waals surface area contributed by atoms with Crippen molar-refractivity contribution in [3.05, 3.63) is 18.2 Å². The van der Waals surface area contributed by atoms with Crippen molar-refractivity contribution in [3.8, 4) is 11.5 Å². The van der Waals surface area contributed by atoms with Gasteiger partial charge in [-0.15, -0.1) is 0 Å². The van der Waals surface area contributed by atoms with Crippen LogP contribution in [0, 0.1) is 0 Å². The van der Waals surface area contributed by atoms with Gasteiger partial charge < -0.3 is 25.2 Å². The van der Waals surface area contributed by atoms with Crippen molar-refractivity contribution < 1.29 is 24.2 Å². The molecular formula is C18H28N2O5. The van der Waals surface area contributed by atoms with Crippen molar-refractivity contribution in [1.29, 1.82) is 0 Å². The molecule has 0 aliphatic rings. The molecule has 0 fully saturated rings. The number of carboxylic acids is 1. The molecule has 7 heteroatoms. The number of aliphatic carboxylic acids is 1. The van der Waals surface area contributed by atoms with E-state index in [1.54, 1.807) is 18.2 Å². The zero-order valence-electron chi connectivity index (χ0n) is 15.1. The lowest BCUT2D eigenvalue weighted by molar-refractivity contribution is -0.141. The molecule has 1 aromatic carbocycles. The third kappa shape index (κ3) is 7.43. The SMILES string of the molecule is CCCCCCNC(CC(=O)Nc1ccc(OC)cc1OC)C(=O)O. The molecule has 0 heterocycles. The number of benzene rings is 1. The minimum absolute atomic E-state index is 0.154. The number of hydrogen-bond donors (Lipinski definition) is 3. The molecule has 1 amide bonds. The lowest BCUT2D eigenvalue weighted by Crippen LogP contribution is -2.40. The van der Waals surface area contributed by atoms with Crippen molar-refractivity contribution in [2.24, 2.45) is 0 Å². The van der Waals surface area contributed by atoms with Crippen molar-refractivity contribution >= 4 is 17.6 Å². The second kappa shape index (κ2) is 11.3. The summed E-state index contributed by atoms with van der Waals surface area (Å²) >= 11 is 0. The molecule has 0 aliphatic carbocycles. The van der Waals surface area contributed by atoms with E-state index < -0.39 is 17.9 Å². The van der Waals surface area contributed by atoms with E-state index >= 15 is 0 Å². The van der Waals surface area contributed by atoms with Gasteiger partial charge in [0, 0.05) is 6.07 Å². The number of anilines is 1. The van der Waals surface area contributed by atoms with Gasteiger partial charge in [-0.05, 0) is 25.1 Å². The Hall–Kier alpha value is -2.28. The van der Waals surface area contributed by atoms with Gasteiger partial charge in [0.2, 0.25) is 5.91 Å². The van der Waals surface area contributed by atoms with Crippen LogP contribution in [0.1, 0.15) is 39.0 Å². The molecule has 0 spiro atoms. The van der Waals surface area contributed by atoms with Crippen LogP contribution in [0.4, 0.5) is 5.69 Å². The van der Waals surface area contributed by atoms with Gasteiger partial charge in [-0.2, -0.15) is 0 Å². The Labute approximate surface area is 148 Å². The first-order valence-electron chi connectivity index (χ1n) is 8.49. The molecule has 0 radical (unpaired) electrons. The van der Waals surface area contributed by atoms with Crippen LogP contribution in [-0.2, 0) is 9.59 Å². The van der Waals surface area contributed by atoms with Crippen LogP contribution in [0.5, 0.6) is 11.5 Å². The maximum absolute atomic E-state index is 12.2. The van der Waals surface area contributed by atoms with Crippen molar-refractivity contribution in [3.63, 3.8) is 0 Å². The zero-order chi connectivity index (χ0) is 18.7. The first-order chi connectivity index (χ1) is 12.0. The number of amides is 1. The molecule has 1 rings (SSSR count). The third-order valence-electron chi connectivity index (χ3n) is 3.79. The molecule has 1 atom stereocenters. The Morgan fingerprint density at radius 3 is 2.52 bits per heavy atom. The summed E-state index contributed by atoms with van der Waals surface area (Å²) in [5.41, 5.74) is 0.473. The van der Waals surface area contributed by atoms with Crippen LogP contribution < -0.4 is 20.1 Å². The summed E-state index contributed by atoms with van der Waals surface area (Å²) < 4.78 is 10.3. The minimum atomic E-state index is -1.03. The van der Waals surface area contributed by atoms with E-state index in [1.807, 2.05) is 0 Å². The number of carboxylic acid groups (broad SMARTS) is 1. The van der Waals surface area contributed by atoms with E-state index in [-0.39, 0.29) is 6.42 Å². The summed E-state index contributed by atoms with van der Waals surface area (Å²) in [5, 5.41) is 14.9. The fourth-order valence-electron chi connectivity index (χ4n) is 2.36. The molecule has 0 saturated carbocycles. The Morgan fingerprint density at radius 2 is 1.92 bits per heavy atom. The normalized spacial score (nSPS) is 11.6. The van der Waals surface area contributed by atoms with Gasteiger partial charge in [0.1, 0.15) is 17.5 Å². The first-order valence-corrected chi connectivity index (χ1v) is 8.49. The number of unbranched alkanes of at least 4 members (excludes halogenated alkanes) is 3. The molecule has 0 saturated heterocycles. The topological polar surface area (TPSA) is 96.9 Å². The van der Waals surface area contributed by atoms with E-state index in [0.29, 0.717) is 23.7 Å². The number of hydrogen-bond acceptors (Lipinski definition) is 5. The molecule has 25 heavy (non-hydrogen) atoms. The smallest absolute Gasteiger partial charge is 0.321 e. The number of carbonyl (C=O) groups is 2. The summed E-state index contributed by atoms with van der Waals surface area (Å²) in [6.07, 6.45) is 4.03. The quantitative estimate of drug-likeness (QED) is 0.501. The highest BCUT2D eigenvalue weighted by molar-refractivity contribution is 5.95. The van der Waals surface area contributed by atoms with Crippen molar-refractivity contribution in [2.45, 2.75) is 45.1 Å². The minimum Gasteiger partial charge on any atom is -0.497 e. The van der Waals surface area contributed by atoms with Crippen LogP contribution in [0.25, 0.3) is 0 Å². The van der Waals surface area contributed by atoms with E-state index in [1.165, 1.54) is 14.2 Å². The molecule has 0 aromatic heterocycles. The van der Waals surface area contributed by atoms with E-state index in [9.17, 15) is 14.7 Å². The maximum Gasteiger partial charge on any atom is 0.321 e. The van der Waals surface area contributed by atoms with Crippen molar-refractivity contribution in [2.75, 3.05) is 26.1 Å². The number of ether oxygens (including phenoxy) is 2. The lowest BCUT2D eigenvalue weighted by atomic mass is 10.1. The van der Waals surface area contributed by atoms with Gasteiger partial charge in [-0.1, -0.05) is 26.2 Å². The molecule has 1 aromatic rings. The van der Waals surface area contributed by atoms with Crippen LogP contribution >= 0.6 is 0 Å². The highest BCUT2D eigenvalue weighted by atomic mass is 16.5. The van der Waals surface area contributed by atoms with Crippen LogP contribution in [0.2, 0.25) is 0 Å². The van der Waals surface area contributed by atoms with Gasteiger partial charge in [-0.25, -0.2) is 0 Å². The van der Waals surface area contributed by atoms with Gasteiger partial charge >= 0.3 is 5.97 Å². The zero-order valence-corrected chi connectivity index (χ0v) is 15.1. The summed E-state index contributed by atoms with van der Waals surface area (Å²) in [4.78, 5) is 23.5. The monoisotopic (exact) mass is 352 g/mol. The molecule has 0 bridgehead atoms. The Morgan fingerprint density at radius 1 is 1.16 bits per heavy atom. The van der Waals surface area contributed by atoms with Gasteiger partial charge in [0.25, 0.3) is 0 Å². The van der Waals surface area contributed by atoms with Crippen LogP contribution in [-0.4, -0.2) is 43.8 Å². The third-order valence-corrected chi connectivity index (χ3v) is 3.79. The van der Waals surface area contributed by atoms with Crippen LogP contribution in [0.3, 0.4) is 0 Å². The summed E-state index contributed by atoms with van der Waals surface area (Å²) in [6.45, 7) is 2.70. The first kappa shape index (κ1) is 20.8. The number of methoxy groups -OCH3 is 2. The Bertz CT molecular complexity index is 562. The van der Waals surface area contributed by atoms with E-state index in [4.69, 9.17) is 9.47 Å². The molecule has 0 aliphatic heterocycles. The predicted molar refractivity (Wildman–Crippen MR) is 96.4 cm³/mol. The molecule has 140 valence electrons. The second-order valence-corrected chi connectivity index (χ2v) is 5.72. The molecule has 1 unspecified atom stereocenters. The Balaban J connectivity index is 2.58. The molecular weight excluding hydrogens is 324 g/mol. The average Bonchev–Trinajstić information content (AvgIpc) is 2.60. The summed E-state index contributed by atoms with van der Waals surface area (Å²) in [5.74, 6) is -0.372. The van der Waals surface area contributed by atoms with E-state index in [2.05, 4.69) is 17.6 Å². The second-order valence-electron chi connectivity index (χ2n) is 5.72. The highest BCUT2D eigenvalue weighted by Crippen LogP contribution is 2.29. The average molecular weight is 352 g/mol.